The number of hydrogen-bond acceptors (Lipinski definition) is 4. The number of nitrogens with one attached hydrogen (secondary N) is 1. The molecule has 0 unspecified atom stereocenters. The minimum atomic E-state index is -0.295. The van der Waals surface area contributed by atoms with Crippen molar-refractivity contribution in [2.45, 2.75) is 50.2 Å². The van der Waals surface area contributed by atoms with E-state index in [1.54, 1.807) is 0 Å². The Morgan fingerprint density at radius 3 is 2.65 bits per heavy atom. The summed E-state index contributed by atoms with van der Waals surface area (Å²) in [4.78, 5) is 17.6. The van der Waals surface area contributed by atoms with Crippen molar-refractivity contribution in [3.05, 3.63) is 56.8 Å². The molecule has 2 fully saturated rings. The van der Waals surface area contributed by atoms with Gasteiger partial charge in [-0.1, -0.05) is 12.1 Å². The van der Waals surface area contributed by atoms with E-state index in [2.05, 4.69) is 53.4 Å². The van der Waals surface area contributed by atoms with Crippen LogP contribution in [0.5, 0.6) is 0 Å². The van der Waals surface area contributed by atoms with Crippen molar-refractivity contribution >= 4 is 43.6 Å². The summed E-state index contributed by atoms with van der Waals surface area (Å²) in [7, 11) is 0. The number of aliphatic hydroxyl groups excluding tert-OH is 1. The van der Waals surface area contributed by atoms with Crippen molar-refractivity contribution < 1.29 is 5.11 Å². The van der Waals surface area contributed by atoms with Crippen molar-refractivity contribution in [3.63, 3.8) is 0 Å². The van der Waals surface area contributed by atoms with Gasteiger partial charge in [0.15, 0.2) is 0 Å². The predicted octanol–water partition coefficient (Wildman–Crippen LogP) is 4.12. The molecule has 3 heterocycles. The number of fused-ring (bicyclic) bond motifs is 5. The molecule has 1 saturated carbocycles. The van der Waals surface area contributed by atoms with Crippen molar-refractivity contribution in [2.75, 3.05) is 13.1 Å². The molecule has 160 valence electrons. The van der Waals surface area contributed by atoms with E-state index >= 15 is 0 Å². The van der Waals surface area contributed by atoms with E-state index in [9.17, 15) is 9.90 Å². The van der Waals surface area contributed by atoms with Gasteiger partial charge in [0.05, 0.1) is 28.0 Å². The molecule has 2 aromatic heterocycles. The second-order valence-electron chi connectivity index (χ2n) is 8.95. The van der Waals surface area contributed by atoms with Crippen LogP contribution < -0.4 is 10.9 Å². The zero-order chi connectivity index (χ0) is 21.1. The minimum absolute atomic E-state index is 0.141. The fourth-order valence-electron chi connectivity index (χ4n) is 5.58. The molecule has 6 nitrogen and oxygen atoms in total. The van der Waals surface area contributed by atoms with E-state index in [1.165, 1.54) is 5.56 Å². The van der Waals surface area contributed by atoms with Crippen LogP contribution in [0.1, 0.15) is 49.6 Å². The van der Waals surface area contributed by atoms with Crippen LogP contribution >= 0.6 is 15.9 Å². The van der Waals surface area contributed by atoms with Crippen LogP contribution in [0, 0.1) is 0 Å². The molecule has 7 heteroatoms. The number of imidazole rings is 1. The predicted molar refractivity (Wildman–Crippen MR) is 126 cm³/mol. The van der Waals surface area contributed by atoms with Crippen LogP contribution in [0.3, 0.4) is 0 Å². The van der Waals surface area contributed by atoms with Crippen LogP contribution in [0.15, 0.2) is 45.7 Å². The molecular formula is C24H25BrN4O2. The molecule has 1 aliphatic carbocycles. The Bertz CT molecular complexity index is 1370. The van der Waals surface area contributed by atoms with Crippen LogP contribution in [-0.2, 0) is 0 Å². The van der Waals surface area contributed by atoms with Gasteiger partial charge in [0.1, 0.15) is 0 Å². The molecule has 2 N–H and O–H groups in total. The summed E-state index contributed by atoms with van der Waals surface area (Å²) < 4.78 is 5.10. The first kappa shape index (κ1) is 19.5. The fourth-order valence-corrected chi connectivity index (χ4v) is 6.11. The molecule has 31 heavy (non-hydrogen) atoms. The summed E-state index contributed by atoms with van der Waals surface area (Å²) in [5.41, 5.74) is 4.16. The number of halogens is 1. The molecule has 4 aromatic rings. The van der Waals surface area contributed by atoms with Crippen LogP contribution in [-0.4, -0.2) is 38.3 Å². The highest BCUT2D eigenvalue weighted by Gasteiger charge is 2.29. The normalized spacial score (nSPS) is 22.8. The molecule has 2 aromatic carbocycles. The lowest BCUT2D eigenvalue weighted by Gasteiger charge is -2.23. The number of benzene rings is 2. The van der Waals surface area contributed by atoms with Gasteiger partial charge in [-0.2, -0.15) is 4.98 Å². The molecule has 1 aliphatic heterocycles. The lowest BCUT2D eigenvalue weighted by atomic mass is 9.90. The van der Waals surface area contributed by atoms with E-state index in [4.69, 9.17) is 0 Å². The summed E-state index contributed by atoms with van der Waals surface area (Å²) in [6, 6.07) is 12.7. The highest BCUT2D eigenvalue weighted by atomic mass is 79.9. The quantitative estimate of drug-likeness (QED) is 0.452. The molecule has 2 atom stereocenters. The van der Waals surface area contributed by atoms with Crippen LogP contribution in [0.25, 0.3) is 27.7 Å². The van der Waals surface area contributed by atoms with Gasteiger partial charge in [0, 0.05) is 10.5 Å². The minimum Gasteiger partial charge on any atom is -0.393 e. The monoisotopic (exact) mass is 480 g/mol. The molecule has 0 amide bonds. The Morgan fingerprint density at radius 2 is 1.87 bits per heavy atom. The Hall–Kier alpha value is -2.22. The Kier molecular flexibility index (Phi) is 4.67. The second-order valence-corrected chi connectivity index (χ2v) is 9.80. The van der Waals surface area contributed by atoms with Gasteiger partial charge in [0.25, 0.3) is 5.56 Å². The molecule has 0 bridgehead atoms. The zero-order valence-electron chi connectivity index (χ0n) is 17.2. The summed E-state index contributed by atoms with van der Waals surface area (Å²) >= 11 is 3.54. The fraction of sp³-hybridized carbons (Fsp3) is 0.417. The standard InChI is InChI=1S/C24H25BrN4O2/c25-18-2-1-3-20-22(18)23(31)27-24-28(16-5-6-17(30)13-16)21-12-15(4-7-19(21)29(20)24)14-8-10-26-11-9-14/h1-4,7,12,14,16-17,26,30H,5-6,8-11,13H2/t16-,17+/m0/s1. The average molecular weight is 481 g/mol. The largest absolute Gasteiger partial charge is 0.393 e. The summed E-state index contributed by atoms with van der Waals surface area (Å²) in [6.45, 7) is 2.10. The van der Waals surface area contributed by atoms with E-state index in [-0.39, 0.29) is 17.7 Å². The van der Waals surface area contributed by atoms with Crippen molar-refractivity contribution in [1.82, 2.24) is 19.3 Å². The maximum absolute atomic E-state index is 13.0. The number of nitrogens with zero attached hydrogens (tertiary/aromatic N) is 3. The first-order valence-corrected chi connectivity index (χ1v) is 11.9. The molecular weight excluding hydrogens is 456 g/mol. The highest BCUT2D eigenvalue weighted by molar-refractivity contribution is 9.10. The Morgan fingerprint density at radius 1 is 1.03 bits per heavy atom. The topological polar surface area (TPSA) is 71.6 Å². The van der Waals surface area contributed by atoms with E-state index in [0.29, 0.717) is 23.5 Å². The number of aliphatic hydroxyl groups is 1. The SMILES string of the molecule is O=c1nc2n([C@H]3CC[C@@H](O)C3)c3cc(C4CCNCC4)ccc3n2c2cccc(Br)c12. The Labute approximate surface area is 188 Å². The maximum atomic E-state index is 13.0. The maximum Gasteiger partial charge on any atom is 0.283 e. The van der Waals surface area contributed by atoms with Gasteiger partial charge in [-0.25, -0.2) is 0 Å². The van der Waals surface area contributed by atoms with E-state index < -0.39 is 0 Å². The van der Waals surface area contributed by atoms with E-state index in [0.717, 1.165) is 59.8 Å². The highest BCUT2D eigenvalue weighted by Crippen LogP contribution is 2.37. The lowest BCUT2D eigenvalue weighted by Crippen LogP contribution is -2.26. The lowest BCUT2D eigenvalue weighted by molar-refractivity contribution is 0.178. The van der Waals surface area contributed by atoms with Crippen molar-refractivity contribution in [3.8, 4) is 0 Å². The van der Waals surface area contributed by atoms with Crippen LogP contribution in [0.4, 0.5) is 0 Å². The number of rotatable bonds is 2. The molecule has 6 rings (SSSR count). The number of piperidine rings is 1. The second kappa shape index (κ2) is 7.43. The van der Waals surface area contributed by atoms with Gasteiger partial charge < -0.3 is 15.0 Å². The number of aromatic nitrogens is 3. The first-order valence-electron chi connectivity index (χ1n) is 11.2. The van der Waals surface area contributed by atoms with Gasteiger partial charge in [0.2, 0.25) is 5.78 Å². The molecule has 2 aliphatic rings. The van der Waals surface area contributed by atoms with Crippen molar-refractivity contribution in [2.24, 2.45) is 0 Å². The number of hydrogen-bond donors (Lipinski definition) is 2. The average Bonchev–Trinajstić information content (AvgIpc) is 3.34. The molecule has 1 saturated heterocycles. The first-order chi connectivity index (χ1) is 15.1. The third-order valence-electron chi connectivity index (χ3n) is 7.12. The zero-order valence-corrected chi connectivity index (χ0v) is 18.8. The van der Waals surface area contributed by atoms with E-state index in [1.807, 2.05) is 18.2 Å². The summed E-state index contributed by atoms with van der Waals surface area (Å²) in [5.74, 6) is 1.22. The third-order valence-corrected chi connectivity index (χ3v) is 7.78. The summed E-state index contributed by atoms with van der Waals surface area (Å²) in [5, 5.41) is 14.3. The van der Waals surface area contributed by atoms with Gasteiger partial charge in [-0.3, -0.25) is 9.20 Å². The smallest absolute Gasteiger partial charge is 0.283 e. The van der Waals surface area contributed by atoms with Crippen molar-refractivity contribution in [1.29, 1.82) is 0 Å². The molecule has 0 spiro atoms. The van der Waals surface area contributed by atoms with Gasteiger partial charge in [-0.05, 0) is 96.9 Å². The Balaban J connectivity index is 1.69. The summed E-state index contributed by atoms with van der Waals surface area (Å²) in [6.07, 6.45) is 4.36. The van der Waals surface area contributed by atoms with Crippen LogP contribution in [0.2, 0.25) is 0 Å². The molecule has 0 radical (unpaired) electrons. The third kappa shape index (κ3) is 3.05. The van der Waals surface area contributed by atoms with Gasteiger partial charge >= 0.3 is 0 Å². The van der Waals surface area contributed by atoms with Gasteiger partial charge in [-0.15, -0.1) is 0 Å².